The highest BCUT2D eigenvalue weighted by Crippen LogP contribution is 2.31. The number of likely N-dealkylation sites (tertiary alicyclic amines) is 1. The number of carboxylic acid groups (broad SMARTS) is 1. The summed E-state index contributed by atoms with van der Waals surface area (Å²) in [5.41, 5.74) is -0.381. The van der Waals surface area contributed by atoms with Gasteiger partial charge in [0.1, 0.15) is 11.9 Å². The minimum atomic E-state index is -1.28. The van der Waals surface area contributed by atoms with Gasteiger partial charge < -0.3 is 19.5 Å². The monoisotopic (exact) mass is 347 g/mol. The van der Waals surface area contributed by atoms with E-state index in [9.17, 15) is 14.7 Å². The molecule has 1 amide bonds. The lowest BCUT2D eigenvalue weighted by atomic mass is 9.90. The number of aliphatic carboxylic acids is 1. The van der Waals surface area contributed by atoms with Crippen LogP contribution in [0, 0.1) is 6.92 Å². The first kappa shape index (κ1) is 17.7. The van der Waals surface area contributed by atoms with Crippen molar-refractivity contribution < 1.29 is 24.2 Å². The van der Waals surface area contributed by atoms with E-state index in [0.29, 0.717) is 25.4 Å². The van der Waals surface area contributed by atoms with Crippen LogP contribution in [0.3, 0.4) is 0 Å². The van der Waals surface area contributed by atoms with Crippen LogP contribution < -0.4 is 4.74 Å². The van der Waals surface area contributed by atoms with Crippen molar-refractivity contribution >= 4 is 11.9 Å². The third kappa shape index (κ3) is 3.79. The first-order valence-corrected chi connectivity index (χ1v) is 8.90. The van der Waals surface area contributed by atoms with Crippen LogP contribution in [0.2, 0.25) is 0 Å². The van der Waals surface area contributed by atoms with E-state index < -0.39 is 11.6 Å². The molecule has 0 saturated carbocycles. The molecule has 25 heavy (non-hydrogen) atoms. The van der Waals surface area contributed by atoms with Gasteiger partial charge in [-0.25, -0.2) is 4.79 Å². The molecular formula is C19H25NO5. The summed E-state index contributed by atoms with van der Waals surface area (Å²) in [5, 5.41) is 9.76. The number of benzene rings is 1. The number of amides is 1. The van der Waals surface area contributed by atoms with E-state index in [4.69, 9.17) is 9.47 Å². The van der Waals surface area contributed by atoms with Gasteiger partial charge in [0, 0.05) is 32.5 Å². The van der Waals surface area contributed by atoms with Crippen LogP contribution in [0.1, 0.15) is 37.7 Å². The van der Waals surface area contributed by atoms with Gasteiger partial charge in [-0.15, -0.1) is 0 Å². The number of carbonyl (C=O) groups excluding carboxylic acids is 1. The van der Waals surface area contributed by atoms with Crippen LogP contribution in [0.15, 0.2) is 24.3 Å². The Kier molecular flexibility index (Phi) is 5.27. The summed E-state index contributed by atoms with van der Waals surface area (Å²) in [4.78, 5) is 26.2. The number of carboxylic acids is 1. The van der Waals surface area contributed by atoms with Gasteiger partial charge in [0.15, 0.2) is 0 Å². The van der Waals surface area contributed by atoms with Crippen LogP contribution >= 0.6 is 0 Å². The second-order valence-electron chi connectivity index (χ2n) is 6.85. The molecule has 2 fully saturated rings. The van der Waals surface area contributed by atoms with Crippen molar-refractivity contribution in [1.29, 1.82) is 0 Å². The van der Waals surface area contributed by atoms with Crippen molar-refractivity contribution in [2.24, 2.45) is 0 Å². The fourth-order valence-electron chi connectivity index (χ4n) is 3.47. The smallest absolute Gasteiger partial charge is 0.348 e. The zero-order valence-corrected chi connectivity index (χ0v) is 14.6. The molecule has 0 spiro atoms. The SMILES string of the molecule is Cc1ccccc1OC1(C(=O)O)CCN(C(=O)[C@H]2CCCCO2)CC1. The summed E-state index contributed by atoms with van der Waals surface area (Å²) in [6, 6.07) is 7.40. The lowest BCUT2D eigenvalue weighted by molar-refractivity contribution is -0.164. The van der Waals surface area contributed by atoms with Crippen molar-refractivity contribution in [1.82, 2.24) is 4.90 Å². The second-order valence-corrected chi connectivity index (χ2v) is 6.85. The third-order valence-electron chi connectivity index (χ3n) is 5.13. The summed E-state index contributed by atoms with van der Waals surface area (Å²) in [5.74, 6) is -0.411. The van der Waals surface area contributed by atoms with Crippen molar-refractivity contribution in [3.63, 3.8) is 0 Å². The quantitative estimate of drug-likeness (QED) is 0.905. The van der Waals surface area contributed by atoms with Crippen molar-refractivity contribution in [3.8, 4) is 5.75 Å². The standard InChI is InChI=1S/C19H25NO5/c1-14-6-2-3-7-15(14)25-19(18(22)23)9-11-20(12-10-19)17(21)16-8-4-5-13-24-16/h2-3,6-7,16H,4-5,8-13H2,1H3,(H,22,23)/t16-/m1/s1. The molecule has 2 heterocycles. The zero-order valence-electron chi connectivity index (χ0n) is 14.6. The van der Waals surface area contributed by atoms with E-state index in [1.54, 1.807) is 11.0 Å². The molecule has 2 aliphatic rings. The average molecular weight is 347 g/mol. The topological polar surface area (TPSA) is 76.1 Å². The Hall–Kier alpha value is -2.08. The molecule has 0 radical (unpaired) electrons. The Morgan fingerprint density at radius 1 is 1.24 bits per heavy atom. The molecule has 2 saturated heterocycles. The summed E-state index contributed by atoms with van der Waals surface area (Å²) >= 11 is 0. The number of carbonyl (C=O) groups is 2. The highest BCUT2D eigenvalue weighted by Gasteiger charge is 2.45. The predicted octanol–water partition coefficient (Wildman–Crippen LogP) is 2.39. The number of piperidine rings is 1. The van der Waals surface area contributed by atoms with E-state index in [1.807, 2.05) is 25.1 Å². The molecule has 3 rings (SSSR count). The third-order valence-corrected chi connectivity index (χ3v) is 5.13. The molecule has 0 aromatic heterocycles. The largest absolute Gasteiger partial charge is 0.478 e. The molecule has 6 nitrogen and oxygen atoms in total. The molecule has 136 valence electrons. The minimum absolute atomic E-state index is 0.0189. The maximum absolute atomic E-state index is 12.6. The zero-order chi connectivity index (χ0) is 17.9. The fourth-order valence-corrected chi connectivity index (χ4v) is 3.47. The van der Waals surface area contributed by atoms with E-state index in [-0.39, 0.29) is 24.9 Å². The van der Waals surface area contributed by atoms with Gasteiger partial charge in [-0.1, -0.05) is 18.2 Å². The molecule has 0 aliphatic carbocycles. The molecule has 1 atom stereocenters. The molecule has 2 aliphatic heterocycles. The lowest BCUT2D eigenvalue weighted by Gasteiger charge is -2.40. The molecule has 1 N–H and O–H groups in total. The van der Waals surface area contributed by atoms with E-state index in [0.717, 1.165) is 24.8 Å². The predicted molar refractivity (Wildman–Crippen MR) is 91.6 cm³/mol. The highest BCUT2D eigenvalue weighted by molar-refractivity contribution is 5.82. The van der Waals surface area contributed by atoms with E-state index in [2.05, 4.69) is 0 Å². The van der Waals surface area contributed by atoms with Crippen molar-refractivity contribution in [2.75, 3.05) is 19.7 Å². The number of ether oxygens (including phenoxy) is 2. The summed E-state index contributed by atoms with van der Waals surface area (Å²) in [6.07, 6.45) is 2.92. The van der Waals surface area contributed by atoms with Gasteiger partial charge in [0.05, 0.1) is 0 Å². The van der Waals surface area contributed by atoms with Gasteiger partial charge in [-0.05, 0) is 37.8 Å². The molecule has 1 aromatic carbocycles. The maximum Gasteiger partial charge on any atom is 0.348 e. The van der Waals surface area contributed by atoms with Gasteiger partial charge in [-0.2, -0.15) is 0 Å². The number of para-hydroxylation sites is 1. The van der Waals surface area contributed by atoms with Gasteiger partial charge in [0.2, 0.25) is 5.60 Å². The summed E-state index contributed by atoms with van der Waals surface area (Å²) < 4.78 is 11.5. The molecule has 6 heteroatoms. The van der Waals surface area contributed by atoms with Crippen molar-refractivity contribution in [2.45, 2.75) is 50.7 Å². The van der Waals surface area contributed by atoms with Crippen LogP contribution in [0.4, 0.5) is 0 Å². The Balaban J connectivity index is 1.67. The highest BCUT2D eigenvalue weighted by atomic mass is 16.5. The first-order chi connectivity index (χ1) is 12.0. The lowest BCUT2D eigenvalue weighted by Crippen LogP contribution is -2.56. The molecule has 0 unspecified atom stereocenters. The van der Waals surface area contributed by atoms with Gasteiger partial charge in [0.25, 0.3) is 5.91 Å². The summed E-state index contributed by atoms with van der Waals surface area (Å²) in [7, 11) is 0. The number of hydrogen-bond acceptors (Lipinski definition) is 4. The number of aryl methyl sites for hydroxylation is 1. The number of hydrogen-bond donors (Lipinski definition) is 1. The Bertz CT molecular complexity index is 630. The first-order valence-electron chi connectivity index (χ1n) is 8.90. The minimum Gasteiger partial charge on any atom is -0.478 e. The average Bonchev–Trinajstić information content (AvgIpc) is 2.64. The van der Waals surface area contributed by atoms with E-state index >= 15 is 0 Å². The van der Waals surface area contributed by atoms with Gasteiger partial charge >= 0.3 is 5.97 Å². The van der Waals surface area contributed by atoms with Crippen LogP contribution in [0.25, 0.3) is 0 Å². The Morgan fingerprint density at radius 3 is 2.56 bits per heavy atom. The van der Waals surface area contributed by atoms with Gasteiger partial charge in [-0.3, -0.25) is 4.79 Å². The second kappa shape index (κ2) is 7.44. The normalized spacial score (nSPS) is 23.1. The molecule has 1 aromatic rings. The number of nitrogens with zero attached hydrogens (tertiary/aromatic N) is 1. The molecule has 0 bridgehead atoms. The van der Waals surface area contributed by atoms with E-state index in [1.165, 1.54) is 0 Å². The Labute approximate surface area is 147 Å². The molecular weight excluding hydrogens is 322 g/mol. The van der Waals surface area contributed by atoms with Crippen LogP contribution in [0.5, 0.6) is 5.75 Å². The Morgan fingerprint density at radius 2 is 1.96 bits per heavy atom. The van der Waals surface area contributed by atoms with Crippen LogP contribution in [-0.4, -0.2) is 53.3 Å². The van der Waals surface area contributed by atoms with Crippen molar-refractivity contribution in [3.05, 3.63) is 29.8 Å². The number of rotatable bonds is 4. The van der Waals surface area contributed by atoms with Crippen LogP contribution in [-0.2, 0) is 14.3 Å². The maximum atomic E-state index is 12.6. The summed E-state index contributed by atoms with van der Waals surface area (Å²) in [6.45, 7) is 3.26. The fraction of sp³-hybridized carbons (Fsp3) is 0.579.